The Morgan fingerprint density at radius 3 is 2.52 bits per heavy atom. The smallest absolute Gasteiger partial charge is 0.236 e. The zero-order valence-corrected chi connectivity index (χ0v) is 15.3. The molecular weight excluding hydrogens is 330 g/mol. The number of anilines is 1. The predicted octanol–water partition coefficient (Wildman–Crippen LogP) is 3.23. The summed E-state index contributed by atoms with van der Waals surface area (Å²) in [5.41, 5.74) is 1.26. The molecule has 1 atom stereocenters. The van der Waals surface area contributed by atoms with Crippen LogP contribution in [0.1, 0.15) is 23.8 Å². The Hall–Kier alpha value is -1.85. The molecule has 0 bridgehead atoms. The molecule has 2 aliphatic heterocycles. The van der Waals surface area contributed by atoms with Crippen molar-refractivity contribution in [1.82, 2.24) is 9.80 Å². The summed E-state index contributed by atoms with van der Waals surface area (Å²) in [4.78, 5) is 21.0. The van der Waals surface area contributed by atoms with Gasteiger partial charge in [0.25, 0.3) is 0 Å². The first-order valence-electron chi connectivity index (χ1n) is 9.16. The molecule has 0 unspecified atom stereocenters. The van der Waals surface area contributed by atoms with Crippen LogP contribution >= 0.6 is 11.3 Å². The minimum atomic E-state index is 0.288. The molecule has 1 amide bonds. The van der Waals surface area contributed by atoms with Gasteiger partial charge in [0.2, 0.25) is 5.91 Å². The van der Waals surface area contributed by atoms with E-state index in [-0.39, 0.29) is 5.91 Å². The number of nitrogens with zero attached hydrogens (tertiary/aromatic N) is 3. The molecule has 4 nitrogen and oxygen atoms in total. The Labute approximate surface area is 153 Å². The van der Waals surface area contributed by atoms with E-state index in [1.807, 2.05) is 22.3 Å². The quantitative estimate of drug-likeness (QED) is 0.842. The van der Waals surface area contributed by atoms with Crippen LogP contribution in [0.15, 0.2) is 47.8 Å². The van der Waals surface area contributed by atoms with Crippen LogP contribution in [-0.2, 0) is 4.79 Å². The van der Waals surface area contributed by atoms with Crippen LogP contribution in [0, 0.1) is 0 Å². The molecule has 132 valence electrons. The van der Waals surface area contributed by atoms with Gasteiger partial charge in [0.1, 0.15) is 0 Å². The summed E-state index contributed by atoms with van der Waals surface area (Å²) in [6.45, 7) is 5.09. The van der Waals surface area contributed by atoms with Crippen molar-refractivity contribution in [2.45, 2.75) is 18.9 Å². The summed E-state index contributed by atoms with van der Waals surface area (Å²) >= 11 is 1.81. The zero-order valence-electron chi connectivity index (χ0n) is 14.5. The summed E-state index contributed by atoms with van der Waals surface area (Å²) < 4.78 is 0. The highest BCUT2D eigenvalue weighted by Crippen LogP contribution is 2.34. The molecule has 0 saturated carbocycles. The Balaban J connectivity index is 1.32. The topological polar surface area (TPSA) is 26.8 Å². The summed E-state index contributed by atoms with van der Waals surface area (Å²) in [7, 11) is 0. The van der Waals surface area contributed by atoms with E-state index in [1.54, 1.807) is 0 Å². The lowest BCUT2D eigenvalue weighted by Gasteiger charge is -2.37. The molecule has 0 radical (unpaired) electrons. The fourth-order valence-corrected chi connectivity index (χ4v) is 4.84. The third kappa shape index (κ3) is 3.72. The summed E-state index contributed by atoms with van der Waals surface area (Å²) in [6.07, 6.45) is 2.37. The van der Waals surface area contributed by atoms with Gasteiger partial charge in [-0.1, -0.05) is 24.3 Å². The van der Waals surface area contributed by atoms with E-state index in [1.165, 1.54) is 23.4 Å². The Bertz CT molecular complexity index is 680. The second kappa shape index (κ2) is 7.58. The molecule has 0 aliphatic carbocycles. The van der Waals surface area contributed by atoms with Gasteiger partial charge in [0.15, 0.2) is 0 Å². The molecule has 2 aromatic rings. The third-order valence-corrected chi connectivity index (χ3v) is 6.30. The van der Waals surface area contributed by atoms with Gasteiger partial charge in [-0.15, -0.1) is 11.3 Å². The number of piperazine rings is 1. The minimum Gasteiger partial charge on any atom is -0.368 e. The van der Waals surface area contributed by atoms with E-state index in [0.29, 0.717) is 12.6 Å². The van der Waals surface area contributed by atoms with Crippen LogP contribution in [0.2, 0.25) is 0 Å². The van der Waals surface area contributed by atoms with E-state index >= 15 is 0 Å². The number of para-hydroxylation sites is 1. The highest BCUT2D eigenvalue weighted by molar-refractivity contribution is 7.10. The SMILES string of the molecule is O=C(CN1CCC[C@H]1c1cccs1)N1CCN(c2ccccc2)CC1. The van der Waals surface area contributed by atoms with E-state index < -0.39 is 0 Å². The average molecular weight is 356 g/mol. The number of carbonyl (C=O) groups excluding carboxylic acids is 1. The monoisotopic (exact) mass is 355 g/mol. The highest BCUT2D eigenvalue weighted by atomic mass is 32.1. The van der Waals surface area contributed by atoms with Gasteiger partial charge >= 0.3 is 0 Å². The van der Waals surface area contributed by atoms with Gasteiger partial charge in [-0.3, -0.25) is 9.69 Å². The second-order valence-electron chi connectivity index (χ2n) is 6.85. The molecule has 1 aromatic heterocycles. The van der Waals surface area contributed by atoms with Crippen molar-refractivity contribution in [3.05, 3.63) is 52.7 Å². The minimum absolute atomic E-state index is 0.288. The Morgan fingerprint density at radius 1 is 1.00 bits per heavy atom. The first-order chi connectivity index (χ1) is 12.3. The normalized spacial score (nSPS) is 21.7. The largest absolute Gasteiger partial charge is 0.368 e. The number of carbonyl (C=O) groups is 1. The number of hydrogen-bond donors (Lipinski definition) is 0. The first-order valence-corrected chi connectivity index (χ1v) is 10.0. The van der Waals surface area contributed by atoms with Crippen molar-refractivity contribution >= 4 is 22.9 Å². The molecule has 3 heterocycles. The Morgan fingerprint density at radius 2 is 1.80 bits per heavy atom. The van der Waals surface area contributed by atoms with Crippen LogP contribution in [-0.4, -0.2) is 55.0 Å². The molecule has 1 aromatic carbocycles. The van der Waals surface area contributed by atoms with Crippen LogP contribution < -0.4 is 4.90 Å². The summed E-state index contributed by atoms with van der Waals surface area (Å²) in [5.74, 6) is 0.288. The van der Waals surface area contributed by atoms with E-state index in [0.717, 1.165) is 32.7 Å². The second-order valence-corrected chi connectivity index (χ2v) is 7.83. The molecule has 0 N–H and O–H groups in total. The van der Waals surface area contributed by atoms with Crippen LogP contribution in [0.4, 0.5) is 5.69 Å². The lowest BCUT2D eigenvalue weighted by molar-refractivity contribution is -0.132. The number of thiophene rings is 1. The number of likely N-dealkylation sites (tertiary alicyclic amines) is 1. The van der Waals surface area contributed by atoms with Crippen molar-refractivity contribution in [3.63, 3.8) is 0 Å². The van der Waals surface area contributed by atoms with Crippen LogP contribution in [0.5, 0.6) is 0 Å². The fourth-order valence-electron chi connectivity index (χ4n) is 3.95. The maximum atomic E-state index is 12.8. The van der Waals surface area contributed by atoms with Crippen LogP contribution in [0.25, 0.3) is 0 Å². The van der Waals surface area contributed by atoms with Gasteiger partial charge in [-0.2, -0.15) is 0 Å². The van der Waals surface area contributed by atoms with E-state index in [2.05, 4.69) is 51.6 Å². The van der Waals surface area contributed by atoms with Gasteiger partial charge in [-0.25, -0.2) is 0 Å². The maximum Gasteiger partial charge on any atom is 0.236 e. The zero-order chi connectivity index (χ0) is 17.1. The molecule has 4 rings (SSSR count). The highest BCUT2D eigenvalue weighted by Gasteiger charge is 2.30. The van der Waals surface area contributed by atoms with Crippen molar-refractivity contribution in [2.75, 3.05) is 44.2 Å². The number of rotatable bonds is 4. The molecule has 5 heteroatoms. The number of benzene rings is 1. The van der Waals surface area contributed by atoms with Crippen molar-refractivity contribution < 1.29 is 4.79 Å². The van der Waals surface area contributed by atoms with Gasteiger partial charge in [0.05, 0.1) is 6.54 Å². The Kier molecular flexibility index (Phi) is 5.04. The van der Waals surface area contributed by atoms with Gasteiger partial charge in [0, 0.05) is 42.8 Å². The molecule has 2 saturated heterocycles. The van der Waals surface area contributed by atoms with Crippen LogP contribution in [0.3, 0.4) is 0 Å². The number of hydrogen-bond acceptors (Lipinski definition) is 4. The summed E-state index contributed by atoms with van der Waals surface area (Å²) in [6, 6.07) is 15.2. The molecule has 25 heavy (non-hydrogen) atoms. The molecule has 2 aliphatic rings. The standard InChI is InChI=1S/C20H25N3OS/c24-20(16-23-10-4-8-18(23)19-9-5-15-25-19)22-13-11-21(12-14-22)17-6-2-1-3-7-17/h1-3,5-7,9,15,18H,4,8,10-14,16H2/t18-/m0/s1. The number of amides is 1. The molecule has 2 fully saturated rings. The first kappa shape index (κ1) is 16.6. The molecular formula is C20H25N3OS. The van der Waals surface area contributed by atoms with E-state index in [4.69, 9.17) is 0 Å². The van der Waals surface area contributed by atoms with Gasteiger partial charge < -0.3 is 9.80 Å². The summed E-state index contributed by atoms with van der Waals surface area (Å²) in [5, 5.41) is 2.14. The van der Waals surface area contributed by atoms with Gasteiger partial charge in [-0.05, 0) is 43.0 Å². The third-order valence-electron chi connectivity index (χ3n) is 5.33. The average Bonchev–Trinajstić information content (AvgIpc) is 3.34. The fraction of sp³-hybridized carbons (Fsp3) is 0.450. The lowest BCUT2D eigenvalue weighted by Crippen LogP contribution is -2.51. The van der Waals surface area contributed by atoms with Crippen molar-refractivity contribution in [1.29, 1.82) is 0 Å². The molecule has 0 spiro atoms. The maximum absolute atomic E-state index is 12.8. The van der Waals surface area contributed by atoms with Crippen molar-refractivity contribution in [2.24, 2.45) is 0 Å². The van der Waals surface area contributed by atoms with Crippen molar-refractivity contribution in [3.8, 4) is 0 Å². The van der Waals surface area contributed by atoms with E-state index in [9.17, 15) is 4.79 Å². The lowest BCUT2D eigenvalue weighted by atomic mass is 10.2. The predicted molar refractivity (Wildman–Crippen MR) is 103 cm³/mol.